The molecule has 10 N–H and O–H groups in total. The Bertz CT molecular complexity index is 667. The summed E-state index contributed by atoms with van der Waals surface area (Å²) in [5.41, 5.74) is 15.7. The highest BCUT2D eigenvalue weighted by Crippen LogP contribution is 2.03. The first-order valence-corrected chi connectivity index (χ1v) is 9.27. The van der Waals surface area contributed by atoms with Gasteiger partial charge in [-0.25, -0.2) is 4.79 Å². The van der Waals surface area contributed by atoms with E-state index >= 15 is 0 Å². The van der Waals surface area contributed by atoms with Crippen LogP contribution in [-0.4, -0.2) is 65.3 Å². The number of primary amides is 2. The number of hydrogen-bond donors (Lipinski definition) is 7. The van der Waals surface area contributed by atoms with Crippen molar-refractivity contribution < 1.29 is 33.9 Å². The van der Waals surface area contributed by atoms with Gasteiger partial charge in [-0.2, -0.15) is 0 Å². The molecule has 0 spiro atoms. The summed E-state index contributed by atoms with van der Waals surface area (Å²) in [7, 11) is 0. The van der Waals surface area contributed by atoms with E-state index in [1.807, 2.05) is 0 Å². The maximum Gasteiger partial charge on any atom is 0.326 e. The topological polar surface area (TPSA) is 237 Å². The number of nitrogens with two attached hydrogens (primary N) is 3. The maximum absolute atomic E-state index is 12.4. The summed E-state index contributed by atoms with van der Waals surface area (Å²) in [6.45, 7) is 2.97. The summed E-state index contributed by atoms with van der Waals surface area (Å²) in [4.78, 5) is 69.5. The fourth-order valence-corrected chi connectivity index (χ4v) is 2.21. The molecule has 0 heterocycles. The van der Waals surface area contributed by atoms with Crippen LogP contribution >= 0.6 is 0 Å². The van der Waals surface area contributed by atoms with Gasteiger partial charge in [0.05, 0.1) is 12.6 Å². The first-order valence-electron chi connectivity index (χ1n) is 9.27. The van der Waals surface area contributed by atoms with Gasteiger partial charge in [-0.05, 0) is 18.8 Å². The third kappa shape index (κ3) is 10.9. The molecule has 0 aliphatic carbocycles. The second-order valence-electron chi connectivity index (χ2n) is 7.02. The lowest BCUT2D eigenvalue weighted by atomic mass is 10.1. The Morgan fingerprint density at radius 3 is 1.77 bits per heavy atom. The van der Waals surface area contributed by atoms with Gasteiger partial charge < -0.3 is 38.3 Å². The summed E-state index contributed by atoms with van der Waals surface area (Å²) in [5.74, 6) is -5.25. The van der Waals surface area contributed by atoms with Gasteiger partial charge in [-0.15, -0.1) is 0 Å². The van der Waals surface area contributed by atoms with Crippen molar-refractivity contribution in [2.75, 3.05) is 6.54 Å². The molecule has 0 aliphatic rings. The highest BCUT2D eigenvalue weighted by atomic mass is 16.4. The lowest BCUT2D eigenvalue weighted by Crippen LogP contribution is -2.54. The minimum absolute atomic E-state index is 0.157. The first kappa shape index (κ1) is 26.8. The van der Waals surface area contributed by atoms with E-state index in [1.54, 1.807) is 13.8 Å². The normalized spacial score (nSPS) is 13.6. The Kier molecular flexibility index (Phi) is 11.7. The molecule has 0 radical (unpaired) electrons. The van der Waals surface area contributed by atoms with Crippen molar-refractivity contribution >= 4 is 35.5 Å². The molecule has 0 fully saturated rings. The molecule has 0 aromatic carbocycles. The van der Waals surface area contributed by atoms with Crippen LogP contribution < -0.4 is 33.2 Å². The van der Waals surface area contributed by atoms with E-state index in [0.29, 0.717) is 0 Å². The minimum Gasteiger partial charge on any atom is -0.480 e. The lowest BCUT2D eigenvalue weighted by molar-refractivity contribution is -0.142. The van der Waals surface area contributed by atoms with Gasteiger partial charge in [0.2, 0.25) is 29.5 Å². The Morgan fingerprint density at radius 1 is 0.833 bits per heavy atom. The van der Waals surface area contributed by atoms with E-state index in [2.05, 4.69) is 16.0 Å². The van der Waals surface area contributed by atoms with E-state index < -0.39 is 60.2 Å². The van der Waals surface area contributed by atoms with Crippen LogP contribution in [0.3, 0.4) is 0 Å². The third-order valence-electron chi connectivity index (χ3n) is 4.07. The molecule has 0 rings (SSSR count). The monoisotopic (exact) mass is 430 g/mol. The average molecular weight is 430 g/mol. The predicted molar refractivity (Wildman–Crippen MR) is 104 cm³/mol. The number of carboxylic acid groups (broad SMARTS) is 1. The average Bonchev–Trinajstić information content (AvgIpc) is 2.64. The highest BCUT2D eigenvalue weighted by molar-refractivity contribution is 5.93. The van der Waals surface area contributed by atoms with Crippen LogP contribution in [0.25, 0.3) is 0 Å². The van der Waals surface area contributed by atoms with Gasteiger partial charge in [0.25, 0.3) is 0 Å². The molecule has 0 aliphatic heterocycles. The van der Waals surface area contributed by atoms with Crippen molar-refractivity contribution in [1.29, 1.82) is 0 Å². The number of aliphatic carboxylic acids is 1. The summed E-state index contributed by atoms with van der Waals surface area (Å²) in [6.07, 6.45) is -0.996. The zero-order chi connectivity index (χ0) is 23.4. The molecule has 13 heteroatoms. The second kappa shape index (κ2) is 13.1. The van der Waals surface area contributed by atoms with Crippen LogP contribution in [0.4, 0.5) is 0 Å². The van der Waals surface area contributed by atoms with E-state index in [9.17, 15) is 33.9 Å². The SMILES string of the molecule is CC(C)C(N)C(=O)NCC(=O)NC(CCC(N)=O)C(=O)NC(CCC(N)=O)C(=O)O. The molecule has 0 saturated carbocycles. The number of carbonyl (C=O) groups is 6. The summed E-state index contributed by atoms with van der Waals surface area (Å²) < 4.78 is 0. The van der Waals surface area contributed by atoms with Gasteiger partial charge in [0.15, 0.2) is 0 Å². The maximum atomic E-state index is 12.4. The number of amides is 5. The Hall–Kier alpha value is -3.22. The van der Waals surface area contributed by atoms with Crippen LogP contribution in [0.15, 0.2) is 0 Å². The van der Waals surface area contributed by atoms with Gasteiger partial charge in [0, 0.05) is 12.8 Å². The molecular weight excluding hydrogens is 400 g/mol. The predicted octanol–water partition coefficient (Wildman–Crippen LogP) is -3.33. The van der Waals surface area contributed by atoms with Crippen LogP contribution in [-0.2, 0) is 28.8 Å². The number of nitrogens with one attached hydrogen (secondary N) is 3. The van der Waals surface area contributed by atoms with Crippen molar-refractivity contribution in [3.63, 3.8) is 0 Å². The van der Waals surface area contributed by atoms with Crippen LogP contribution in [0.2, 0.25) is 0 Å². The Labute approximate surface area is 173 Å². The van der Waals surface area contributed by atoms with Gasteiger partial charge in [-0.3, -0.25) is 24.0 Å². The summed E-state index contributed by atoms with van der Waals surface area (Å²) >= 11 is 0. The molecule has 0 bridgehead atoms. The Balaban J connectivity index is 5.02. The third-order valence-corrected chi connectivity index (χ3v) is 4.07. The van der Waals surface area contributed by atoms with Crippen molar-refractivity contribution in [1.82, 2.24) is 16.0 Å². The lowest BCUT2D eigenvalue weighted by Gasteiger charge is -2.21. The molecule has 3 atom stereocenters. The van der Waals surface area contributed by atoms with Gasteiger partial charge in [-0.1, -0.05) is 13.8 Å². The van der Waals surface area contributed by atoms with Crippen molar-refractivity contribution in [3.8, 4) is 0 Å². The molecule has 30 heavy (non-hydrogen) atoms. The molecule has 0 aromatic rings. The Morgan fingerprint density at radius 2 is 1.33 bits per heavy atom. The smallest absolute Gasteiger partial charge is 0.326 e. The summed E-state index contributed by atoms with van der Waals surface area (Å²) in [5, 5.41) is 16.0. The van der Waals surface area contributed by atoms with Crippen molar-refractivity contribution in [2.45, 2.75) is 57.7 Å². The molecule has 5 amide bonds. The van der Waals surface area contributed by atoms with Crippen molar-refractivity contribution in [2.24, 2.45) is 23.1 Å². The molecule has 0 aromatic heterocycles. The molecule has 170 valence electrons. The zero-order valence-corrected chi connectivity index (χ0v) is 17.0. The quantitative estimate of drug-likeness (QED) is 0.147. The molecule has 3 unspecified atom stereocenters. The first-order chi connectivity index (χ1) is 13.8. The number of rotatable bonds is 14. The zero-order valence-electron chi connectivity index (χ0n) is 17.0. The van der Waals surface area contributed by atoms with E-state index in [1.165, 1.54) is 0 Å². The fraction of sp³-hybridized carbons (Fsp3) is 0.647. The van der Waals surface area contributed by atoms with E-state index in [-0.39, 0.29) is 31.6 Å². The van der Waals surface area contributed by atoms with Gasteiger partial charge in [0.1, 0.15) is 12.1 Å². The standard InChI is InChI=1S/C17H30N6O7/c1-8(2)14(20)16(28)21-7-13(26)22-9(3-5-11(18)24)15(27)23-10(17(29)30)4-6-12(19)25/h8-10,14H,3-7,20H2,1-2H3,(H2,18,24)(H2,19,25)(H,21,28)(H,22,26)(H,23,27)(H,29,30). The summed E-state index contributed by atoms with van der Waals surface area (Å²) in [6, 6.07) is -3.55. The molecule has 0 saturated heterocycles. The van der Waals surface area contributed by atoms with E-state index in [0.717, 1.165) is 0 Å². The van der Waals surface area contributed by atoms with Crippen LogP contribution in [0.1, 0.15) is 39.5 Å². The highest BCUT2D eigenvalue weighted by Gasteiger charge is 2.27. The minimum atomic E-state index is -1.43. The number of hydrogen-bond acceptors (Lipinski definition) is 7. The number of carbonyl (C=O) groups excluding carboxylic acids is 5. The van der Waals surface area contributed by atoms with Crippen LogP contribution in [0, 0.1) is 5.92 Å². The number of carboxylic acids is 1. The van der Waals surface area contributed by atoms with Crippen molar-refractivity contribution in [3.05, 3.63) is 0 Å². The fourth-order valence-electron chi connectivity index (χ4n) is 2.21. The van der Waals surface area contributed by atoms with Crippen LogP contribution in [0.5, 0.6) is 0 Å². The molecular formula is C17H30N6O7. The van der Waals surface area contributed by atoms with Gasteiger partial charge >= 0.3 is 5.97 Å². The largest absolute Gasteiger partial charge is 0.480 e. The van der Waals surface area contributed by atoms with E-state index in [4.69, 9.17) is 17.2 Å². The molecule has 13 nitrogen and oxygen atoms in total. The second-order valence-corrected chi connectivity index (χ2v) is 7.02.